The lowest BCUT2D eigenvalue weighted by Crippen LogP contribution is -2.46. The molecule has 0 unspecified atom stereocenters. The van der Waals surface area contributed by atoms with Gasteiger partial charge in [0.15, 0.2) is 6.61 Å². The van der Waals surface area contributed by atoms with Crippen molar-refractivity contribution < 1.29 is 14.6 Å². The van der Waals surface area contributed by atoms with E-state index >= 15 is 0 Å². The van der Waals surface area contributed by atoms with Crippen LogP contribution in [-0.4, -0.2) is 29.8 Å². The summed E-state index contributed by atoms with van der Waals surface area (Å²) in [6, 6.07) is 4.08. The lowest BCUT2D eigenvalue weighted by molar-refractivity contribution is -0.124. The summed E-state index contributed by atoms with van der Waals surface area (Å²) in [4.78, 5) is 11.9. The molecule has 0 fully saturated rings. The second-order valence-corrected chi connectivity index (χ2v) is 5.92. The number of hydrogen-bond donors (Lipinski definition) is 2. The molecule has 0 bridgehead atoms. The highest BCUT2D eigenvalue weighted by Crippen LogP contribution is 2.24. The number of carbonyl (C=O) groups excluding carboxylic acids is 1. The Kier molecular flexibility index (Phi) is 5.57. The molecule has 4 heteroatoms. The average molecular weight is 279 g/mol. The molecule has 0 spiro atoms. The summed E-state index contributed by atoms with van der Waals surface area (Å²) in [5.74, 6) is 0.591. The Morgan fingerprint density at radius 3 is 2.30 bits per heavy atom. The highest BCUT2D eigenvalue weighted by molar-refractivity contribution is 5.78. The maximum absolute atomic E-state index is 11.9. The predicted molar refractivity (Wildman–Crippen MR) is 80.1 cm³/mol. The van der Waals surface area contributed by atoms with Gasteiger partial charge >= 0.3 is 0 Å². The topological polar surface area (TPSA) is 58.6 Å². The zero-order valence-corrected chi connectivity index (χ0v) is 13.0. The summed E-state index contributed by atoms with van der Waals surface area (Å²) < 4.78 is 5.63. The Labute approximate surface area is 121 Å². The Morgan fingerprint density at radius 2 is 1.80 bits per heavy atom. The summed E-state index contributed by atoms with van der Waals surface area (Å²) in [6.07, 6.45) is 0.515. The van der Waals surface area contributed by atoms with Gasteiger partial charge in [0.1, 0.15) is 5.75 Å². The van der Waals surface area contributed by atoms with Gasteiger partial charge in [-0.2, -0.15) is 0 Å². The summed E-state index contributed by atoms with van der Waals surface area (Å²) in [6.45, 7) is 9.77. The Morgan fingerprint density at radius 1 is 1.25 bits per heavy atom. The molecule has 0 aliphatic rings. The summed E-state index contributed by atoms with van der Waals surface area (Å²) in [7, 11) is 0. The van der Waals surface area contributed by atoms with Gasteiger partial charge in [-0.1, -0.05) is 17.7 Å². The average Bonchev–Trinajstić information content (AvgIpc) is 2.26. The van der Waals surface area contributed by atoms with Crippen LogP contribution in [0.1, 0.15) is 37.0 Å². The molecule has 112 valence electrons. The van der Waals surface area contributed by atoms with Crippen LogP contribution in [-0.2, 0) is 4.79 Å². The van der Waals surface area contributed by atoms with E-state index < -0.39 is 5.54 Å². The van der Waals surface area contributed by atoms with Crippen molar-refractivity contribution in [3.63, 3.8) is 0 Å². The molecule has 1 amide bonds. The summed E-state index contributed by atoms with van der Waals surface area (Å²) in [5, 5.41) is 11.8. The van der Waals surface area contributed by atoms with Crippen LogP contribution in [0.2, 0.25) is 0 Å². The molecule has 1 rings (SSSR count). The molecule has 20 heavy (non-hydrogen) atoms. The van der Waals surface area contributed by atoms with E-state index in [9.17, 15) is 4.79 Å². The van der Waals surface area contributed by atoms with Crippen molar-refractivity contribution in [1.82, 2.24) is 5.32 Å². The van der Waals surface area contributed by atoms with Gasteiger partial charge < -0.3 is 15.2 Å². The van der Waals surface area contributed by atoms with E-state index in [0.717, 1.165) is 16.9 Å². The minimum absolute atomic E-state index is 0.0143. The highest BCUT2D eigenvalue weighted by Gasteiger charge is 2.20. The van der Waals surface area contributed by atoms with Crippen LogP contribution >= 0.6 is 0 Å². The first-order valence-corrected chi connectivity index (χ1v) is 6.87. The van der Waals surface area contributed by atoms with Gasteiger partial charge in [-0.3, -0.25) is 4.79 Å². The molecule has 0 aromatic heterocycles. The number of nitrogens with one attached hydrogen (secondary N) is 1. The second kappa shape index (κ2) is 6.75. The van der Waals surface area contributed by atoms with E-state index in [1.807, 2.05) is 46.8 Å². The van der Waals surface area contributed by atoms with Crippen molar-refractivity contribution in [2.75, 3.05) is 13.2 Å². The smallest absolute Gasteiger partial charge is 0.258 e. The van der Waals surface area contributed by atoms with Gasteiger partial charge in [-0.05, 0) is 52.2 Å². The van der Waals surface area contributed by atoms with E-state index in [2.05, 4.69) is 5.32 Å². The zero-order chi connectivity index (χ0) is 15.3. The molecule has 0 atom stereocenters. The number of benzene rings is 1. The van der Waals surface area contributed by atoms with Crippen molar-refractivity contribution >= 4 is 5.91 Å². The molecule has 4 nitrogen and oxygen atoms in total. The molecule has 0 aliphatic carbocycles. The van der Waals surface area contributed by atoms with Gasteiger partial charge in [-0.15, -0.1) is 0 Å². The fraction of sp³-hybridized carbons (Fsp3) is 0.562. The SMILES string of the molecule is Cc1cc(C)c(OCC(=O)NC(C)(C)CCO)c(C)c1. The Balaban J connectivity index is 2.62. The van der Waals surface area contributed by atoms with E-state index in [1.54, 1.807) is 0 Å². The largest absolute Gasteiger partial charge is 0.483 e. The number of carbonyl (C=O) groups is 1. The Bertz CT molecular complexity index is 458. The number of amides is 1. The van der Waals surface area contributed by atoms with E-state index in [0.29, 0.717) is 6.42 Å². The number of ether oxygens (including phenoxy) is 1. The molecule has 2 N–H and O–H groups in total. The molecule has 0 saturated carbocycles. The van der Waals surface area contributed by atoms with Gasteiger partial charge in [0, 0.05) is 12.1 Å². The molecule has 0 saturated heterocycles. The van der Waals surface area contributed by atoms with E-state index in [4.69, 9.17) is 9.84 Å². The third-order valence-electron chi connectivity index (χ3n) is 3.17. The van der Waals surface area contributed by atoms with Gasteiger partial charge in [0.05, 0.1) is 0 Å². The molecular weight excluding hydrogens is 254 g/mol. The van der Waals surface area contributed by atoms with Crippen molar-refractivity contribution in [3.8, 4) is 5.75 Å². The first-order chi connectivity index (χ1) is 9.25. The van der Waals surface area contributed by atoms with Crippen LogP contribution in [0.25, 0.3) is 0 Å². The minimum atomic E-state index is -0.424. The van der Waals surface area contributed by atoms with Crippen molar-refractivity contribution in [2.24, 2.45) is 0 Å². The van der Waals surface area contributed by atoms with Crippen molar-refractivity contribution in [1.29, 1.82) is 0 Å². The number of aliphatic hydroxyl groups excluding tert-OH is 1. The van der Waals surface area contributed by atoms with Crippen molar-refractivity contribution in [2.45, 2.75) is 46.6 Å². The lowest BCUT2D eigenvalue weighted by atomic mass is 10.0. The van der Waals surface area contributed by atoms with E-state index in [-0.39, 0.29) is 19.1 Å². The standard InChI is InChI=1S/C16H25NO3/c1-11-8-12(2)15(13(3)9-11)20-10-14(19)17-16(4,5)6-7-18/h8-9,18H,6-7,10H2,1-5H3,(H,17,19). The third kappa shape index (κ3) is 4.85. The van der Waals surface area contributed by atoms with Crippen LogP contribution < -0.4 is 10.1 Å². The first kappa shape index (κ1) is 16.5. The maximum Gasteiger partial charge on any atom is 0.258 e. The number of aryl methyl sites for hydroxylation is 3. The first-order valence-electron chi connectivity index (χ1n) is 6.87. The van der Waals surface area contributed by atoms with Gasteiger partial charge in [0.25, 0.3) is 5.91 Å². The van der Waals surface area contributed by atoms with Crippen molar-refractivity contribution in [3.05, 3.63) is 28.8 Å². The van der Waals surface area contributed by atoms with Crippen LogP contribution in [0, 0.1) is 20.8 Å². The monoisotopic (exact) mass is 279 g/mol. The van der Waals surface area contributed by atoms with Crippen LogP contribution in [0.3, 0.4) is 0 Å². The lowest BCUT2D eigenvalue weighted by Gasteiger charge is -2.25. The fourth-order valence-corrected chi connectivity index (χ4v) is 2.29. The molecule has 1 aromatic rings. The quantitative estimate of drug-likeness (QED) is 0.840. The zero-order valence-electron chi connectivity index (χ0n) is 13.0. The maximum atomic E-state index is 11.9. The van der Waals surface area contributed by atoms with Crippen LogP contribution in [0.5, 0.6) is 5.75 Å². The van der Waals surface area contributed by atoms with Gasteiger partial charge in [0.2, 0.25) is 0 Å². The normalized spacial score (nSPS) is 11.3. The molecule has 1 aromatic carbocycles. The second-order valence-electron chi connectivity index (χ2n) is 5.92. The number of hydrogen-bond acceptors (Lipinski definition) is 3. The highest BCUT2D eigenvalue weighted by atomic mass is 16.5. The summed E-state index contributed by atoms with van der Waals surface area (Å²) >= 11 is 0. The molecule has 0 aliphatic heterocycles. The minimum Gasteiger partial charge on any atom is -0.483 e. The molecule has 0 radical (unpaired) electrons. The number of aliphatic hydroxyl groups is 1. The fourth-order valence-electron chi connectivity index (χ4n) is 2.29. The summed E-state index contributed by atoms with van der Waals surface area (Å²) in [5.41, 5.74) is 2.82. The predicted octanol–water partition coefficient (Wildman–Crippen LogP) is 2.27. The number of rotatable bonds is 6. The van der Waals surface area contributed by atoms with Crippen LogP contribution in [0.4, 0.5) is 0 Å². The molecular formula is C16H25NO3. The van der Waals surface area contributed by atoms with Crippen LogP contribution in [0.15, 0.2) is 12.1 Å². The third-order valence-corrected chi connectivity index (χ3v) is 3.17. The van der Waals surface area contributed by atoms with Gasteiger partial charge in [-0.25, -0.2) is 0 Å². The molecule has 0 heterocycles. The Hall–Kier alpha value is -1.55. The van der Waals surface area contributed by atoms with E-state index in [1.165, 1.54) is 5.56 Å².